The molecule has 1 aromatic carbocycles. The molecule has 0 unspecified atom stereocenters. The largest absolute Gasteiger partial charge is 0.313 e. The second kappa shape index (κ2) is 4.94. The van der Waals surface area contributed by atoms with E-state index in [2.05, 4.69) is 41.6 Å². The summed E-state index contributed by atoms with van der Waals surface area (Å²) in [7, 11) is 0. The lowest BCUT2D eigenvalue weighted by atomic mass is 10.2. The standard InChI is InChI=1S/C13H17N3/c1-3-14-9-12-4-6-13(7-5-12)16-10-11(2)8-15-16/h4-8,10,14H,3,9H2,1-2H3. The normalized spacial score (nSPS) is 10.6. The zero-order valence-corrected chi connectivity index (χ0v) is 9.77. The lowest BCUT2D eigenvalue weighted by Crippen LogP contribution is -2.11. The summed E-state index contributed by atoms with van der Waals surface area (Å²) in [5.74, 6) is 0. The maximum Gasteiger partial charge on any atom is 0.0645 e. The zero-order valence-electron chi connectivity index (χ0n) is 9.77. The van der Waals surface area contributed by atoms with Gasteiger partial charge < -0.3 is 5.32 Å². The van der Waals surface area contributed by atoms with E-state index in [-0.39, 0.29) is 0 Å². The first-order valence-electron chi connectivity index (χ1n) is 5.61. The third-order valence-corrected chi connectivity index (χ3v) is 2.49. The van der Waals surface area contributed by atoms with Crippen LogP contribution in [0.15, 0.2) is 36.7 Å². The molecule has 0 saturated carbocycles. The molecule has 1 N–H and O–H groups in total. The Morgan fingerprint density at radius 3 is 2.56 bits per heavy atom. The van der Waals surface area contributed by atoms with Gasteiger partial charge in [0.1, 0.15) is 0 Å². The van der Waals surface area contributed by atoms with E-state index in [1.807, 2.05) is 24.0 Å². The quantitative estimate of drug-likeness (QED) is 0.848. The molecule has 84 valence electrons. The van der Waals surface area contributed by atoms with E-state index in [1.54, 1.807) is 0 Å². The van der Waals surface area contributed by atoms with Gasteiger partial charge in [-0.3, -0.25) is 0 Å². The molecule has 0 amide bonds. The molecule has 0 aliphatic rings. The van der Waals surface area contributed by atoms with Crippen LogP contribution in [-0.4, -0.2) is 16.3 Å². The first kappa shape index (κ1) is 10.9. The number of aromatic nitrogens is 2. The van der Waals surface area contributed by atoms with Gasteiger partial charge in [0.15, 0.2) is 0 Å². The van der Waals surface area contributed by atoms with E-state index < -0.39 is 0 Å². The Morgan fingerprint density at radius 1 is 1.25 bits per heavy atom. The Balaban J connectivity index is 2.13. The zero-order chi connectivity index (χ0) is 11.4. The fourth-order valence-electron chi connectivity index (χ4n) is 1.59. The Hall–Kier alpha value is -1.61. The molecular weight excluding hydrogens is 198 g/mol. The Bertz CT molecular complexity index is 442. The van der Waals surface area contributed by atoms with Gasteiger partial charge in [0, 0.05) is 12.7 Å². The van der Waals surface area contributed by atoms with Crippen molar-refractivity contribution in [3.63, 3.8) is 0 Å². The summed E-state index contributed by atoms with van der Waals surface area (Å²) in [6.07, 6.45) is 3.89. The molecule has 3 heteroatoms. The predicted molar refractivity (Wildman–Crippen MR) is 65.7 cm³/mol. The maximum absolute atomic E-state index is 4.28. The molecule has 2 rings (SSSR count). The van der Waals surface area contributed by atoms with Gasteiger partial charge in [-0.05, 0) is 36.7 Å². The molecule has 0 fully saturated rings. The molecule has 16 heavy (non-hydrogen) atoms. The highest BCUT2D eigenvalue weighted by atomic mass is 15.3. The third-order valence-electron chi connectivity index (χ3n) is 2.49. The molecule has 0 bridgehead atoms. The minimum Gasteiger partial charge on any atom is -0.313 e. The highest BCUT2D eigenvalue weighted by Crippen LogP contribution is 2.09. The highest BCUT2D eigenvalue weighted by molar-refractivity contribution is 5.34. The first-order valence-corrected chi connectivity index (χ1v) is 5.61. The first-order chi connectivity index (χ1) is 7.79. The van der Waals surface area contributed by atoms with Gasteiger partial charge in [-0.1, -0.05) is 19.1 Å². The fourth-order valence-corrected chi connectivity index (χ4v) is 1.59. The molecule has 0 atom stereocenters. The second-order valence-corrected chi connectivity index (χ2v) is 3.91. The van der Waals surface area contributed by atoms with Crippen LogP contribution in [0, 0.1) is 6.92 Å². The second-order valence-electron chi connectivity index (χ2n) is 3.91. The van der Waals surface area contributed by atoms with Gasteiger partial charge in [-0.15, -0.1) is 0 Å². The van der Waals surface area contributed by atoms with Crippen LogP contribution in [0.4, 0.5) is 0 Å². The Morgan fingerprint density at radius 2 is 2.00 bits per heavy atom. The topological polar surface area (TPSA) is 29.9 Å². The summed E-state index contributed by atoms with van der Waals surface area (Å²) in [5.41, 5.74) is 3.58. The van der Waals surface area contributed by atoms with Crippen molar-refractivity contribution in [2.45, 2.75) is 20.4 Å². The van der Waals surface area contributed by atoms with Crippen LogP contribution in [0.5, 0.6) is 0 Å². The van der Waals surface area contributed by atoms with E-state index in [9.17, 15) is 0 Å². The van der Waals surface area contributed by atoms with Crippen LogP contribution in [-0.2, 0) is 6.54 Å². The van der Waals surface area contributed by atoms with Crippen LogP contribution >= 0.6 is 0 Å². The molecule has 0 saturated heterocycles. The molecule has 0 spiro atoms. The van der Waals surface area contributed by atoms with Crippen LogP contribution in [0.25, 0.3) is 5.69 Å². The monoisotopic (exact) mass is 215 g/mol. The van der Waals surface area contributed by atoms with Crippen molar-refractivity contribution in [3.8, 4) is 5.69 Å². The number of nitrogens with one attached hydrogen (secondary N) is 1. The van der Waals surface area contributed by atoms with Crippen molar-refractivity contribution in [2.24, 2.45) is 0 Å². The van der Waals surface area contributed by atoms with E-state index in [0.29, 0.717) is 0 Å². The summed E-state index contributed by atoms with van der Waals surface area (Å²) in [4.78, 5) is 0. The van der Waals surface area contributed by atoms with Gasteiger partial charge in [-0.25, -0.2) is 4.68 Å². The summed E-state index contributed by atoms with van der Waals surface area (Å²) in [6, 6.07) is 8.46. The van der Waals surface area contributed by atoms with Crippen molar-refractivity contribution in [2.75, 3.05) is 6.54 Å². The average molecular weight is 215 g/mol. The molecule has 1 aromatic heterocycles. The molecule has 0 aliphatic carbocycles. The van der Waals surface area contributed by atoms with Crippen LogP contribution in [0.2, 0.25) is 0 Å². The molecule has 2 aromatic rings. The van der Waals surface area contributed by atoms with Crippen molar-refractivity contribution in [3.05, 3.63) is 47.8 Å². The van der Waals surface area contributed by atoms with Gasteiger partial charge >= 0.3 is 0 Å². The number of hydrogen-bond acceptors (Lipinski definition) is 2. The number of benzene rings is 1. The van der Waals surface area contributed by atoms with Gasteiger partial charge in [0.05, 0.1) is 11.9 Å². The molecule has 0 radical (unpaired) electrons. The van der Waals surface area contributed by atoms with Crippen LogP contribution in [0.3, 0.4) is 0 Å². The van der Waals surface area contributed by atoms with Gasteiger partial charge in [0.2, 0.25) is 0 Å². The molecule has 3 nitrogen and oxygen atoms in total. The number of aryl methyl sites for hydroxylation is 1. The van der Waals surface area contributed by atoms with Crippen LogP contribution in [0.1, 0.15) is 18.1 Å². The number of rotatable bonds is 4. The summed E-state index contributed by atoms with van der Waals surface area (Å²) in [5, 5.41) is 7.58. The number of hydrogen-bond donors (Lipinski definition) is 1. The van der Waals surface area contributed by atoms with Crippen molar-refractivity contribution in [1.82, 2.24) is 15.1 Å². The highest BCUT2D eigenvalue weighted by Gasteiger charge is 1.98. The minimum absolute atomic E-state index is 0.926. The van der Waals surface area contributed by atoms with E-state index >= 15 is 0 Å². The van der Waals surface area contributed by atoms with E-state index in [1.165, 1.54) is 11.1 Å². The molecule has 0 aliphatic heterocycles. The average Bonchev–Trinajstić information content (AvgIpc) is 2.74. The SMILES string of the molecule is CCNCc1ccc(-n2cc(C)cn2)cc1. The summed E-state index contributed by atoms with van der Waals surface area (Å²) < 4.78 is 1.90. The van der Waals surface area contributed by atoms with Crippen LogP contribution < -0.4 is 5.32 Å². The van der Waals surface area contributed by atoms with Crippen molar-refractivity contribution >= 4 is 0 Å². The fraction of sp³-hybridized carbons (Fsp3) is 0.308. The minimum atomic E-state index is 0.926. The van der Waals surface area contributed by atoms with E-state index in [4.69, 9.17) is 0 Å². The molecular formula is C13H17N3. The number of nitrogens with zero attached hydrogens (tertiary/aromatic N) is 2. The summed E-state index contributed by atoms with van der Waals surface area (Å²) >= 11 is 0. The summed E-state index contributed by atoms with van der Waals surface area (Å²) in [6.45, 7) is 6.08. The third kappa shape index (κ3) is 2.49. The maximum atomic E-state index is 4.28. The lowest BCUT2D eigenvalue weighted by Gasteiger charge is -2.04. The predicted octanol–water partition coefficient (Wildman–Crippen LogP) is 2.29. The van der Waals surface area contributed by atoms with E-state index in [0.717, 1.165) is 18.8 Å². The Labute approximate surface area is 96.1 Å². The van der Waals surface area contributed by atoms with Crippen molar-refractivity contribution < 1.29 is 0 Å². The lowest BCUT2D eigenvalue weighted by molar-refractivity contribution is 0.726. The molecule has 1 heterocycles. The Kier molecular flexibility index (Phi) is 3.37. The van der Waals surface area contributed by atoms with Crippen molar-refractivity contribution in [1.29, 1.82) is 0 Å². The smallest absolute Gasteiger partial charge is 0.0645 e. The van der Waals surface area contributed by atoms with Gasteiger partial charge in [0.25, 0.3) is 0 Å². The van der Waals surface area contributed by atoms with Gasteiger partial charge in [-0.2, -0.15) is 5.10 Å².